The molecule has 0 aromatic carbocycles. The topological polar surface area (TPSA) is 68.1 Å². The van der Waals surface area contributed by atoms with Gasteiger partial charge in [0.05, 0.1) is 17.6 Å². The van der Waals surface area contributed by atoms with E-state index in [9.17, 15) is 8.42 Å². The average Bonchev–Trinajstić information content (AvgIpc) is 3.07. The van der Waals surface area contributed by atoms with Crippen LogP contribution < -0.4 is 0 Å². The minimum Gasteiger partial charge on any atom is -0.266 e. The number of sulfonamides is 1. The van der Waals surface area contributed by atoms with Crippen LogP contribution in [-0.2, 0) is 23.5 Å². The second-order valence-electron chi connectivity index (χ2n) is 5.87. The van der Waals surface area contributed by atoms with Crippen LogP contribution in [0, 0.1) is 5.92 Å². The first-order chi connectivity index (χ1) is 10.4. The molecule has 0 bridgehead atoms. The van der Waals surface area contributed by atoms with Crippen LogP contribution >= 0.6 is 0 Å². The molecule has 3 heterocycles. The number of aromatic nitrogens is 3. The van der Waals surface area contributed by atoms with Gasteiger partial charge in [-0.05, 0) is 42.5 Å². The van der Waals surface area contributed by atoms with Crippen molar-refractivity contribution in [1.29, 1.82) is 0 Å². The van der Waals surface area contributed by atoms with Gasteiger partial charge >= 0.3 is 0 Å². The van der Waals surface area contributed by atoms with Crippen molar-refractivity contribution in [2.75, 3.05) is 19.3 Å². The predicted molar refractivity (Wildman–Crippen MR) is 84.7 cm³/mol. The molecule has 3 rings (SSSR count). The molecule has 0 saturated carbocycles. The molecule has 7 heteroatoms. The number of rotatable bonds is 4. The molecule has 118 valence electrons. The molecule has 2 aromatic heterocycles. The Morgan fingerprint density at radius 3 is 2.77 bits per heavy atom. The second-order valence-corrected chi connectivity index (χ2v) is 7.85. The maximum atomic E-state index is 11.6. The number of hydrogen-bond donors (Lipinski definition) is 0. The molecule has 1 aliphatic heterocycles. The smallest absolute Gasteiger partial charge is 0.211 e. The van der Waals surface area contributed by atoms with E-state index in [1.165, 1.54) is 11.8 Å². The zero-order valence-corrected chi connectivity index (χ0v) is 13.6. The van der Waals surface area contributed by atoms with Crippen LogP contribution in [0.1, 0.15) is 12.0 Å². The van der Waals surface area contributed by atoms with Gasteiger partial charge in [0.15, 0.2) is 0 Å². The van der Waals surface area contributed by atoms with Gasteiger partial charge in [0.1, 0.15) is 0 Å². The summed E-state index contributed by atoms with van der Waals surface area (Å²) < 4.78 is 26.5. The summed E-state index contributed by atoms with van der Waals surface area (Å²) in [5.74, 6) is 0.372. The van der Waals surface area contributed by atoms with Gasteiger partial charge in [-0.3, -0.25) is 9.67 Å². The standard InChI is InChI=1S/C15H20N4O2S/c1-18-15(4-7-17-18)14-10-12(3-6-16-14)9-13-5-8-19(11-13)22(2,20)21/h3-4,6-7,10,13H,5,8-9,11H2,1-2H3/t13-/m1/s1. The SMILES string of the molecule is Cn1nccc1-c1cc(C[C@H]2CCN(S(C)(=O)=O)C2)ccn1. The van der Waals surface area contributed by atoms with Gasteiger partial charge < -0.3 is 0 Å². The lowest BCUT2D eigenvalue weighted by atomic mass is 9.99. The fraction of sp³-hybridized carbons (Fsp3) is 0.467. The first-order valence-corrected chi connectivity index (χ1v) is 9.17. The third kappa shape index (κ3) is 3.20. The zero-order chi connectivity index (χ0) is 15.7. The first kappa shape index (κ1) is 15.2. The van der Waals surface area contributed by atoms with Gasteiger partial charge in [0, 0.05) is 32.5 Å². The van der Waals surface area contributed by atoms with Crippen molar-refractivity contribution in [3.05, 3.63) is 36.2 Å². The van der Waals surface area contributed by atoms with Crippen molar-refractivity contribution >= 4 is 10.0 Å². The van der Waals surface area contributed by atoms with Gasteiger partial charge in [-0.1, -0.05) is 0 Å². The summed E-state index contributed by atoms with van der Waals surface area (Å²) in [5, 5.41) is 4.17. The van der Waals surface area contributed by atoms with Gasteiger partial charge in [0.2, 0.25) is 10.0 Å². The number of aryl methyl sites for hydroxylation is 1. The maximum Gasteiger partial charge on any atom is 0.211 e. The number of hydrogen-bond acceptors (Lipinski definition) is 4. The van der Waals surface area contributed by atoms with Crippen LogP contribution in [-0.4, -0.2) is 46.8 Å². The van der Waals surface area contributed by atoms with Crippen LogP contribution in [0.15, 0.2) is 30.6 Å². The summed E-state index contributed by atoms with van der Waals surface area (Å²) >= 11 is 0. The van der Waals surface area contributed by atoms with Crippen molar-refractivity contribution in [2.45, 2.75) is 12.8 Å². The van der Waals surface area contributed by atoms with Gasteiger partial charge in [-0.25, -0.2) is 12.7 Å². The molecule has 0 aliphatic carbocycles. The van der Waals surface area contributed by atoms with E-state index >= 15 is 0 Å². The molecular formula is C15H20N4O2S. The molecule has 2 aromatic rings. The van der Waals surface area contributed by atoms with Gasteiger partial charge in [-0.15, -0.1) is 0 Å². The molecule has 6 nitrogen and oxygen atoms in total. The molecular weight excluding hydrogens is 300 g/mol. The predicted octanol–water partition coefficient (Wildman–Crippen LogP) is 1.31. The highest BCUT2D eigenvalue weighted by atomic mass is 32.2. The van der Waals surface area contributed by atoms with Crippen molar-refractivity contribution in [1.82, 2.24) is 19.1 Å². The van der Waals surface area contributed by atoms with Crippen LogP contribution in [0.2, 0.25) is 0 Å². The Balaban J connectivity index is 1.73. The third-order valence-corrected chi connectivity index (χ3v) is 5.42. The summed E-state index contributed by atoms with van der Waals surface area (Å²) in [7, 11) is -1.17. The quantitative estimate of drug-likeness (QED) is 0.852. The van der Waals surface area contributed by atoms with Gasteiger partial charge in [-0.2, -0.15) is 5.10 Å². The highest BCUT2D eigenvalue weighted by molar-refractivity contribution is 7.88. The first-order valence-electron chi connectivity index (χ1n) is 7.32. The summed E-state index contributed by atoms with van der Waals surface area (Å²) in [6, 6.07) is 6.01. The lowest BCUT2D eigenvalue weighted by Gasteiger charge is -2.13. The van der Waals surface area contributed by atoms with E-state index < -0.39 is 10.0 Å². The summed E-state index contributed by atoms with van der Waals surface area (Å²) in [6.45, 7) is 1.24. The maximum absolute atomic E-state index is 11.6. The van der Waals surface area contributed by atoms with Crippen molar-refractivity contribution in [2.24, 2.45) is 13.0 Å². The minimum absolute atomic E-state index is 0.372. The van der Waals surface area contributed by atoms with Crippen molar-refractivity contribution in [3.8, 4) is 11.4 Å². The summed E-state index contributed by atoms with van der Waals surface area (Å²) in [4.78, 5) is 4.40. The highest BCUT2D eigenvalue weighted by Crippen LogP contribution is 2.24. The zero-order valence-electron chi connectivity index (χ0n) is 12.8. The molecule has 0 N–H and O–H groups in total. The van der Waals surface area contributed by atoms with Crippen LogP contribution in [0.5, 0.6) is 0 Å². The van der Waals surface area contributed by atoms with E-state index in [2.05, 4.69) is 16.1 Å². The summed E-state index contributed by atoms with van der Waals surface area (Å²) in [6.07, 6.45) is 6.63. The Hall–Kier alpha value is -1.73. The number of nitrogens with zero attached hydrogens (tertiary/aromatic N) is 4. The lowest BCUT2D eigenvalue weighted by Crippen LogP contribution is -2.27. The highest BCUT2D eigenvalue weighted by Gasteiger charge is 2.28. The monoisotopic (exact) mass is 320 g/mol. The lowest BCUT2D eigenvalue weighted by molar-refractivity contribution is 0.460. The fourth-order valence-corrected chi connectivity index (χ4v) is 3.88. The molecule has 0 spiro atoms. The number of pyridine rings is 1. The largest absolute Gasteiger partial charge is 0.266 e. The molecule has 1 saturated heterocycles. The molecule has 0 amide bonds. The van der Waals surface area contributed by atoms with E-state index in [0.717, 1.165) is 24.2 Å². The normalized spacial score (nSPS) is 19.6. The van der Waals surface area contributed by atoms with E-state index in [1.807, 2.05) is 19.2 Å². The van der Waals surface area contributed by atoms with Gasteiger partial charge in [0.25, 0.3) is 0 Å². The fourth-order valence-electron chi connectivity index (χ4n) is 2.96. The van der Waals surface area contributed by atoms with Crippen molar-refractivity contribution in [3.63, 3.8) is 0 Å². The van der Waals surface area contributed by atoms with Crippen LogP contribution in [0.25, 0.3) is 11.4 Å². The van der Waals surface area contributed by atoms with E-state index in [1.54, 1.807) is 21.4 Å². The Morgan fingerprint density at radius 2 is 2.14 bits per heavy atom. The Bertz CT molecular complexity index is 769. The van der Waals surface area contributed by atoms with Crippen molar-refractivity contribution < 1.29 is 8.42 Å². The van der Waals surface area contributed by atoms with E-state index in [4.69, 9.17) is 0 Å². The van der Waals surface area contributed by atoms with Crippen LogP contribution in [0.3, 0.4) is 0 Å². The average molecular weight is 320 g/mol. The molecule has 0 radical (unpaired) electrons. The molecule has 1 aliphatic rings. The van der Waals surface area contributed by atoms with Crippen LogP contribution in [0.4, 0.5) is 0 Å². The Morgan fingerprint density at radius 1 is 1.32 bits per heavy atom. The Kier molecular flexibility index (Phi) is 4.01. The minimum atomic E-state index is -3.07. The van der Waals surface area contributed by atoms with E-state index in [0.29, 0.717) is 19.0 Å². The Labute approximate surface area is 130 Å². The van der Waals surface area contributed by atoms with E-state index in [-0.39, 0.29) is 0 Å². The molecule has 1 atom stereocenters. The molecule has 0 unspecified atom stereocenters. The third-order valence-electron chi connectivity index (χ3n) is 4.15. The second kappa shape index (κ2) is 5.81. The molecule has 1 fully saturated rings. The summed E-state index contributed by atoms with van der Waals surface area (Å²) in [5.41, 5.74) is 3.06. The molecule has 22 heavy (non-hydrogen) atoms.